The van der Waals surface area contributed by atoms with E-state index in [2.05, 4.69) is 42.9 Å². The van der Waals surface area contributed by atoms with Crippen LogP contribution in [0.4, 0.5) is 11.6 Å². The number of nitrogens with zero attached hydrogens (tertiary/aromatic N) is 3. The van der Waals surface area contributed by atoms with Crippen LogP contribution in [0.2, 0.25) is 0 Å². The highest BCUT2D eigenvalue weighted by molar-refractivity contribution is 5.59. The van der Waals surface area contributed by atoms with Gasteiger partial charge in [-0.2, -0.15) is 0 Å². The van der Waals surface area contributed by atoms with Gasteiger partial charge in [-0.15, -0.1) is 0 Å². The van der Waals surface area contributed by atoms with Gasteiger partial charge in [-0.25, -0.2) is 9.97 Å². The zero-order chi connectivity index (χ0) is 14.5. The molecule has 0 spiro atoms. The predicted molar refractivity (Wildman–Crippen MR) is 85.6 cm³/mol. The Morgan fingerprint density at radius 3 is 2.70 bits per heavy atom. The average molecular weight is 276 g/mol. The Morgan fingerprint density at radius 2 is 2.05 bits per heavy atom. The Kier molecular flexibility index (Phi) is 5.21. The Labute approximate surface area is 123 Å². The molecular formula is C16H28N4. The molecule has 2 heterocycles. The first-order chi connectivity index (χ1) is 9.67. The van der Waals surface area contributed by atoms with Crippen LogP contribution in [0.3, 0.4) is 0 Å². The first-order valence-electron chi connectivity index (χ1n) is 8.05. The summed E-state index contributed by atoms with van der Waals surface area (Å²) < 4.78 is 0. The summed E-state index contributed by atoms with van der Waals surface area (Å²) in [6, 6.07) is 0.584. The van der Waals surface area contributed by atoms with Crippen molar-refractivity contribution in [2.75, 3.05) is 23.3 Å². The van der Waals surface area contributed by atoms with Crippen LogP contribution < -0.4 is 10.2 Å². The second kappa shape index (κ2) is 6.91. The SMILES string of the molecule is CCCNc1nc(CC)nc(N2CCCCC2C)c1C. The van der Waals surface area contributed by atoms with E-state index < -0.39 is 0 Å². The molecule has 1 fully saturated rings. The highest BCUT2D eigenvalue weighted by atomic mass is 15.2. The maximum Gasteiger partial charge on any atom is 0.137 e. The van der Waals surface area contributed by atoms with E-state index in [4.69, 9.17) is 4.98 Å². The molecule has 0 amide bonds. The van der Waals surface area contributed by atoms with Crippen LogP contribution in [0, 0.1) is 6.92 Å². The summed E-state index contributed by atoms with van der Waals surface area (Å²) in [6.45, 7) is 10.8. The number of aryl methyl sites for hydroxylation is 1. The van der Waals surface area contributed by atoms with Crippen LogP contribution in [0.5, 0.6) is 0 Å². The Bertz CT molecular complexity index is 444. The molecule has 0 bridgehead atoms. The molecular weight excluding hydrogens is 248 g/mol. The highest BCUT2D eigenvalue weighted by Crippen LogP contribution is 2.29. The van der Waals surface area contributed by atoms with E-state index in [-0.39, 0.29) is 0 Å². The minimum absolute atomic E-state index is 0.584. The van der Waals surface area contributed by atoms with Crippen molar-refractivity contribution in [2.45, 2.75) is 65.8 Å². The molecule has 20 heavy (non-hydrogen) atoms. The molecule has 1 aromatic heterocycles. The van der Waals surface area contributed by atoms with Crippen molar-refractivity contribution in [3.05, 3.63) is 11.4 Å². The third kappa shape index (κ3) is 3.22. The molecule has 1 saturated heterocycles. The van der Waals surface area contributed by atoms with Crippen LogP contribution in [0.1, 0.15) is 57.8 Å². The molecule has 0 saturated carbocycles. The summed E-state index contributed by atoms with van der Waals surface area (Å²) in [7, 11) is 0. The number of anilines is 2. The lowest BCUT2D eigenvalue weighted by Gasteiger charge is -2.35. The molecule has 112 valence electrons. The Balaban J connectivity index is 2.34. The van der Waals surface area contributed by atoms with Gasteiger partial charge in [0, 0.05) is 31.1 Å². The number of aromatic nitrogens is 2. The zero-order valence-electron chi connectivity index (χ0n) is 13.4. The molecule has 2 rings (SSSR count). The van der Waals surface area contributed by atoms with Crippen LogP contribution >= 0.6 is 0 Å². The van der Waals surface area contributed by atoms with Crippen molar-refractivity contribution < 1.29 is 0 Å². The van der Waals surface area contributed by atoms with Gasteiger partial charge in [-0.05, 0) is 39.5 Å². The molecule has 1 atom stereocenters. The molecule has 0 radical (unpaired) electrons. The zero-order valence-corrected chi connectivity index (χ0v) is 13.4. The number of rotatable bonds is 5. The van der Waals surface area contributed by atoms with Crippen LogP contribution in [0.15, 0.2) is 0 Å². The normalized spacial score (nSPS) is 19.2. The van der Waals surface area contributed by atoms with Gasteiger partial charge in [-0.1, -0.05) is 13.8 Å². The van der Waals surface area contributed by atoms with Gasteiger partial charge in [0.25, 0.3) is 0 Å². The van der Waals surface area contributed by atoms with Crippen molar-refractivity contribution >= 4 is 11.6 Å². The van der Waals surface area contributed by atoms with Crippen molar-refractivity contribution in [2.24, 2.45) is 0 Å². The molecule has 1 aromatic rings. The summed E-state index contributed by atoms with van der Waals surface area (Å²) in [5.74, 6) is 3.11. The average Bonchev–Trinajstić information content (AvgIpc) is 2.47. The Hall–Kier alpha value is -1.32. The third-order valence-corrected chi connectivity index (χ3v) is 4.10. The third-order valence-electron chi connectivity index (χ3n) is 4.10. The first-order valence-corrected chi connectivity index (χ1v) is 8.05. The molecule has 4 nitrogen and oxygen atoms in total. The van der Waals surface area contributed by atoms with Gasteiger partial charge in [0.15, 0.2) is 0 Å². The fraction of sp³-hybridized carbons (Fsp3) is 0.750. The van der Waals surface area contributed by atoms with Crippen LogP contribution in [-0.4, -0.2) is 29.1 Å². The standard InChI is InChI=1S/C16H28N4/c1-5-10-17-15-13(4)16(19-14(6-2)18-15)20-11-8-7-9-12(20)3/h12H,5-11H2,1-4H3,(H,17,18,19). The lowest BCUT2D eigenvalue weighted by atomic mass is 10.0. The van der Waals surface area contributed by atoms with E-state index >= 15 is 0 Å². The lowest BCUT2D eigenvalue weighted by Crippen LogP contribution is -2.38. The molecule has 1 N–H and O–H groups in total. The molecule has 0 aliphatic carbocycles. The molecule has 1 aliphatic rings. The quantitative estimate of drug-likeness (QED) is 0.893. The van der Waals surface area contributed by atoms with Gasteiger partial charge >= 0.3 is 0 Å². The fourth-order valence-corrected chi connectivity index (χ4v) is 2.82. The van der Waals surface area contributed by atoms with E-state index in [0.717, 1.165) is 43.4 Å². The van der Waals surface area contributed by atoms with Crippen LogP contribution in [-0.2, 0) is 6.42 Å². The van der Waals surface area contributed by atoms with E-state index in [1.807, 2.05) is 0 Å². The number of nitrogens with one attached hydrogen (secondary N) is 1. The van der Waals surface area contributed by atoms with E-state index in [1.54, 1.807) is 0 Å². The minimum Gasteiger partial charge on any atom is -0.370 e. The number of piperidine rings is 1. The Morgan fingerprint density at radius 1 is 1.25 bits per heavy atom. The van der Waals surface area contributed by atoms with Gasteiger partial charge in [-0.3, -0.25) is 0 Å². The second-order valence-electron chi connectivity index (χ2n) is 5.76. The molecule has 4 heteroatoms. The monoisotopic (exact) mass is 276 g/mol. The van der Waals surface area contributed by atoms with Crippen molar-refractivity contribution in [3.8, 4) is 0 Å². The second-order valence-corrected chi connectivity index (χ2v) is 5.76. The summed E-state index contributed by atoms with van der Waals surface area (Å²) in [5, 5.41) is 3.45. The van der Waals surface area contributed by atoms with Gasteiger partial charge in [0.1, 0.15) is 17.5 Å². The molecule has 1 aliphatic heterocycles. The highest BCUT2D eigenvalue weighted by Gasteiger charge is 2.23. The summed E-state index contributed by atoms with van der Waals surface area (Å²) >= 11 is 0. The molecule has 1 unspecified atom stereocenters. The van der Waals surface area contributed by atoms with Crippen molar-refractivity contribution in [3.63, 3.8) is 0 Å². The summed E-state index contributed by atoms with van der Waals surface area (Å²) in [4.78, 5) is 11.9. The summed E-state index contributed by atoms with van der Waals surface area (Å²) in [5.41, 5.74) is 1.20. The van der Waals surface area contributed by atoms with E-state index in [9.17, 15) is 0 Å². The van der Waals surface area contributed by atoms with Crippen molar-refractivity contribution in [1.29, 1.82) is 0 Å². The van der Waals surface area contributed by atoms with Gasteiger partial charge in [0.2, 0.25) is 0 Å². The van der Waals surface area contributed by atoms with Crippen LogP contribution in [0.25, 0.3) is 0 Å². The summed E-state index contributed by atoms with van der Waals surface area (Å²) in [6.07, 6.45) is 5.87. The predicted octanol–water partition coefficient (Wildman–Crippen LogP) is 3.55. The van der Waals surface area contributed by atoms with Crippen molar-refractivity contribution in [1.82, 2.24) is 9.97 Å². The topological polar surface area (TPSA) is 41.1 Å². The van der Waals surface area contributed by atoms with Gasteiger partial charge in [0.05, 0.1) is 0 Å². The maximum atomic E-state index is 4.81. The number of hydrogen-bond donors (Lipinski definition) is 1. The fourth-order valence-electron chi connectivity index (χ4n) is 2.82. The lowest BCUT2D eigenvalue weighted by molar-refractivity contribution is 0.479. The smallest absolute Gasteiger partial charge is 0.137 e. The van der Waals surface area contributed by atoms with E-state index in [0.29, 0.717) is 6.04 Å². The minimum atomic E-state index is 0.584. The largest absolute Gasteiger partial charge is 0.370 e. The van der Waals surface area contributed by atoms with E-state index in [1.165, 1.54) is 24.8 Å². The van der Waals surface area contributed by atoms with Gasteiger partial charge < -0.3 is 10.2 Å². The maximum absolute atomic E-state index is 4.81. The molecule has 0 aromatic carbocycles. The number of hydrogen-bond acceptors (Lipinski definition) is 4. The first kappa shape index (κ1) is 15.1.